The summed E-state index contributed by atoms with van der Waals surface area (Å²) in [4.78, 5) is 19.4. The molecule has 0 bridgehead atoms. The molecule has 7 nitrogen and oxygen atoms in total. The topological polar surface area (TPSA) is 95.6 Å². The lowest BCUT2D eigenvalue weighted by molar-refractivity contribution is -0.114. The number of carbonyl (C=O) groups excluding carboxylic acids is 1. The number of nitrogens with zero attached hydrogens (tertiary/aromatic N) is 3. The minimum absolute atomic E-state index is 0.0970. The van der Waals surface area contributed by atoms with Crippen molar-refractivity contribution in [3.05, 3.63) is 36.3 Å². The highest BCUT2D eigenvalue weighted by Gasteiger charge is 2.09. The number of hydrogen-bond acceptors (Lipinski definition) is 5. The Morgan fingerprint density at radius 2 is 1.81 bits per heavy atom. The highest BCUT2D eigenvalue weighted by atomic mass is 16.1. The minimum Gasteiger partial charge on any atom is -0.338 e. The molecule has 3 rings (SSSR count). The van der Waals surface area contributed by atoms with E-state index in [1.165, 1.54) is 13.3 Å². The van der Waals surface area contributed by atoms with E-state index >= 15 is 0 Å². The van der Waals surface area contributed by atoms with Crippen LogP contribution in [0.5, 0.6) is 0 Å². The average molecular weight is 282 g/mol. The van der Waals surface area contributed by atoms with E-state index in [4.69, 9.17) is 0 Å². The van der Waals surface area contributed by atoms with Crippen molar-refractivity contribution in [1.29, 1.82) is 0 Å². The number of aromatic amines is 1. The summed E-state index contributed by atoms with van der Waals surface area (Å²) < 4.78 is 0. The Hall–Kier alpha value is -2.96. The van der Waals surface area contributed by atoms with Gasteiger partial charge in [0.05, 0.1) is 5.69 Å². The summed E-state index contributed by atoms with van der Waals surface area (Å²) in [6, 6.07) is 7.35. The molecule has 3 N–H and O–H groups in total. The van der Waals surface area contributed by atoms with Crippen molar-refractivity contribution in [1.82, 2.24) is 20.2 Å². The minimum atomic E-state index is -0.0970. The quantitative estimate of drug-likeness (QED) is 0.685. The summed E-state index contributed by atoms with van der Waals surface area (Å²) in [6.45, 7) is 3.39. The average Bonchev–Trinajstić information content (AvgIpc) is 2.83. The van der Waals surface area contributed by atoms with Gasteiger partial charge in [-0.25, -0.2) is 9.97 Å². The van der Waals surface area contributed by atoms with Crippen LogP contribution >= 0.6 is 0 Å². The molecule has 0 saturated carbocycles. The van der Waals surface area contributed by atoms with E-state index in [0.717, 1.165) is 22.6 Å². The van der Waals surface area contributed by atoms with Gasteiger partial charge in [-0.15, -0.1) is 0 Å². The van der Waals surface area contributed by atoms with Crippen LogP contribution in [0.3, 0.4) is 0 Å². The summed E-state index contributed by atoms with van der Waals surface area (Å²) in [5, 5.41) is 13.0. The first kappa shape index (κ1) is 13.0. The fourth-order valence-corrected chi connectivity index (χ4v) is 2.02. The fourth-order valence-electron chi connectivity index (χ4n) is 2.02. The van der Waals surface area contributed by atoms with Crippen molar-refractivity contribution in [2.75, 3.05) is 10.6 Å². The van der Waals surface area contributed by atoms with Crippen LogP contribution in [0.4, 0.5) is 17.2 Å². The van der Waals surface area contributed by atoms with Crippen molar-refractivity contribution in [3.63, 3.8) is 0 Å². The number of benzene rings is 1. The summed E-state index contributed by atoms with van der Waals surface area (Å²) in [5.74, 6) is 0.539. The maximum absolute atomic E-state index is 11.0. The first-order valence-corrected chi connectivity index (χ1v) is 6.44. The maximum Gasteiger partial charge on any atom is 0.221 e. The Balaban J connectivity index is 1.86. The zero-order valence-electron chi connectivity index (χ0n) is 11.6. The highest BCUT2D eigenvalue weighted by molar-refractivity contribution is 5.90. The van der Waals surface area contributed by atoms with Gasteiger partial charge < -0.3 is 10.6 Å². The lowest BCUT2D eigenvalue weighted by atomic mass is 10.2. The molecule has 0 aliphatic heterocycles. The second-order valence-electron chi connectivity index (χ2n) is 4.65. The van der Waals surface area contributed by atoms with Crippen molar-refractivity contribution in [3.8, 4) is 0 Å². The van der Waals surface area contributed by atoms with Crippen LogP contribution < -0.4 is 10.6 Å². The fraction of sp³-hybridized carbons (Fsp3) is 0.143. The van der Waals surface area contributed by atoms with Crippen LogP contribution in [0.2, 0.25) is 0 Å². The van der Waals surface area contributed by atoms with Crippen molar-refractivity contribution in [2.24, 2.45) is 0 Å². The Labute approximate surface area is 120 Å². The third-order valence-corrected chi connectivity index (χ3v) is 2.98. The van der Waals surface area contributed by atoms with Gasteiger partial charge in [-0.05, 0) is 31.2 Å². The number of H-pyrrole nitrogens is 1. The molecule has 2 heterocycles. The molecule has 0 aliphatic carbocycles. The maximum atomic E-state index is 11.0. The van der Waals surface area contributed by atoms with Crippen LogP contribution in [-0.2, 0) is 4.79 Å². The number of aromatic nitrogens is 4. The normalized spacial score (nSPS) is 10.6. The number of amides is 1. The Morgan fingerprint density at radius 1 is 1.10 bits per heavy atom. The summed E-state index contributed by atoms with van der Waals surface area (Å²) >= 11 is 0. The second-order valence-corrected chi connectivity index (χ2v) is 4.65. The molecule has 2 aromatic heterocycles. The first-order valence-electron chi connectivity index (χ1n) is 6.44. The van der Waals surface area contributed by atoms with Crippen LogP contribution in [-0.4, -0.2) is 26.1 Å². The molecule has 0 aliphatic rings. The standard InChI is InChI=1S/C14H14N6O/c1-8-12-13(20-19-8)14(16-7-15-12)18-11-5-3-10(4-6-11)17-9(2)21/h3-7H,1-2H3,(H,17,21)(H,19,20)(H,15,16,18). The first-order chi connectivity index (χ1) is 10.1. The molecule has 0 saturated heterocycles. The number of fused-ring (bicyclic) bond motifs is 1. The Kier molecular flexibility index (Phi) is 3.23. The van der Waals surface area contributed by atoms with E-state index < -0.39 is 0 Å². The number of hydrogen-bond donors (Lipinski definition) is 3. The van der Waals surface area contributed by atoms with E-state index in [-0.39, 0.29) is 5.91 Å². The molecule has 0 spiro atoms. The van der Waals surface area contributed by atoms with E-state index in [0.29, 0.717) is 11.3 Å². The Bertz CT molecular complexity index is 793. The van der Waals surface area contributed by atoms with Gasteiger partial charge in [-0.2, -0.15) is 5.10 Å². The van der Waals surface area contributed by atoms with E-state index in [9.17, 15) is 4.79 Å². The number of carbonyl (C=O) groups is 1. The lowest BCUT2D eigenvalue weighted by Gasteiger charge is -2.07. The molecule has 0 fully saturated rings. The predicted molar refractivity (Wildman–Crippen MR) is 80.4 cm³/mol. The largest absolute Gasteiger partial charge is 0.338 e. The van der Waals surface area contributed by atoms with Gasteiger partial charge in [-0.3, -0.25) is 9.89 Å². The number of aryl methyl sites for hydroxylation is 1. The molecule has 0 atom stereocenters. The number of rotatable bonds is 3. The molecule has 1 amide bonds. The smallest absolute Gasteiger partial charge is 0.221 e. The molecule has 0 radical (unpaired) electrons. The van der Waals surface area contributed by atoms with E-state index in [1.807, 2.05) is 31.2 Å². The molecule has 106 valence electrons. The Morgan fingerprint density at radius 3 is 2.52 bits per heavy atom. The monoisotopic (exact) mass is 282 g/mol. The zero-order valence-corrected chi connectivity index (χ0v) is 11.6. The molecule has 3 aromatic rings. The van der Waals surface area contributed by atoms with Gasteiger partial charge in [0.15, 0.2) is 11.3 Å². The van der Waals surface area contributed by atoms with Crippen molar-refractivity contribution < 1.29 is 4.79 Å². The van der Waals surface area contributed by atoms with E-state index in [1.54, 1.807) is 0 Å². The summed E-state index contributed by atoms with van der Waals surface area (Å²) in [7, 11) is 0. The molecule has 0 unspecified atom stereocenters. The third kappa shape index (κ3) is 2.66. The van der Waals surface area contributed by atoms with Crippen molar-refractivity contribution in [2.45, 2.75) is 13.8 Å². The van der Waals surface area contributed by atoms with Crippen molar-refractivity contribution >= 4 is 34.1 Å². The van der Waals surface area contributed by atoms with Crippen LogP contribution in [0.15, 0.2) is 30.6 Å². The lowest BCUT2D eigenvalue weighted by Crippen LogP contribution is -2.05. The van der Waals surface area contributed by atoms with Crippen LogP contribution in [0.25, 0.3) is 11.0 Å². The van der Waals surface area contributed by atoms with Gasteiger partial charge in [-0.1, -0.05) is 0 Å². The third-order valence-electron chi connectivity index (χ3n) is 2.98. The SMILES string of the molecule is CC(=O)Nc1ccc(Nc2ncnc3c(C)[nH]nc23)cc1. The summed E-state index contributed by atoms with van der Waals surface area (Å²) in [6.07, 6.45) is 1.50. The van der Waals surface area contributed by atoms with E-state index in [2.05, 4.69) is 30.8 Å². The highest BCUT2D eigenvalue weighted by Crippen LogP contribution is 2.23. The molecule has 1 aromatic carbocycles. The van der Waals surface area contributed by atoms with Gasteiger partial charge in [0.2, 0.25) is 5.91 Å². The zero-order chi connectivity index (χ0) is 14.8. The van der Waals surface area contributed by atoms with Crippen LogP contribution in [0.1, 0.15) is 12.6 Å². The summed E-state index contributed by atoms with van der Waals surface area (Å²) in [5.41, 5.74) is 3.99. The van der Waals surface area contributed by atoms with Gasteiger partial charge in [0.1, 0.15) is 11.8 Å². The molecular formula is C14H14N6O. The molecule has 7 heteroatoms. The number of anilines is 3. The molecule has 21 heavy (non-hydrogen) atoms. The van der Waals surface area contributed by atoms with Gasteiger partial charge in [0, 0.05) is 18.3 Å². The molecular weight excluding hydrogens is 268 g/mol. The number of nitrogens with one attached hydrogen (secondary N) is 3. The van der Waals surface area contributed by atoms with Crippen LogP contribution in [0, 0.1) is 6.92 Å². The van der Waals surface area contributed by atoms with Gasteiger partial charge in [0.25, 0.3) is 0 Å². The van der Waals surface area contributed by atoms with Gasteiger partial charge >= 0.3 is 0 Å². The predicted octanol–water partition coefficient (Wildman–Crippen LogP) is 2.36. The second kappa shape index (κ2) is 5.20.